The van der Waals surface area contributed by atoms with Gasteiger partial charge in [-0.3, -0.25) is 0 Å². The number of hydrogen-bond acceptors (Lipinski definition) is 2. The number of rotatable bonds is 4. The van der Waals surface area contributed by atoms with Crippen LogP contribution >= 0.6 is 31.9 Å². The fourth-order valence-corrected chi connectivity index (χ4v) is 3.11. The first-order valence-electron chi connectivity index (χ1n) is 5.65. The van der Waals surface area contributed by atoms with Crippen molar-refractivity contribution in [2.24, 2.45) is 5.73 Å². The lowest BCUT2D eigenvalue weighted by Crippen LogP contribution is -2.00. The minimum atomic E-state index is -0.251. The summed E-state index contributed by atoms with van der Waals surface area (Å²) >= 11 is 6.91. The summed E-state index contributed by atoms with van der Waals surface area (Å²) in [4.78, 5) is 0. The predicted octanol–water partition coefficient (Wildman–Crippen LogP) is 4.39. The van der Waals surface area contributed by atoms with Gasteiger partial charge >= 0.3 is 0 Å². The second-order valence-corrected chi connectivity index (χ2v) is 5.72. The molecule has 0 unspecified atom stereocenters. The highest BCUT2D eigenvalue weighted by Gasteiger charge is 2.09. The van der Waals surface area contributed by atoms with Crippen LogP contribution in [0.15, 0.2) is 45.3 Å². The van der Waals surface area contributed by atoms with Crippen LogP contribution in [0.3, 0.4) is 0 Å². The molecule has 0 spiro atoms. The van der Waals surface area contributed by atoms with E-state index in [1.54, 1.807) is 12.1 Å². The normalized spacial score (nSPS) is 10.5. The van der Waals surface area contributed by atoms with Crippen molar-refractivity contribution in [2.45, 2.75) is 13.2 Å². The number of halogens is 3. The molecule has 0 aliphatic carbocycles. The zero-order valence-corrected chi connectivity index (χ0v) is 13.2. The molecule has 2 nitrogen and oxygen atoms in total. The Kier molecular flexibility index (Phi) is 4.96. The first-order valence-corrected chi connectivity index (χ1v) is 7.24. The van der Waals surface area contributed by atoms with E-state index in [1.165, 1.54) is 12.1 Å². The summed E-state index contributed by atoms with van der Waals surface area (Å²) in [6.45, 7) is 0.842. The molecule has 0 saturated carbocycles. The number of benzene rings is 2. The predicted molar refractivity (Wildman–Crippen MR) is 80.5 cm³/mol. The van der Waals surface area contributed by atoms with E-state index in [0.29, 0.717) is 18.9 Å². The molecular weight excluding hydrogens is 377 g/mol. The Hall–Kier alpha value is -0.910. The van der Waals surface area contributed by atoms with Gasteiger partial charge in [0.05, 0.1) is 8.95 Å². The van der Waals surface area contributed by atoms with Crippen molar-refractivity contribution in [2.75, 3.05) is 0 Å². The summed E-state index contributed by atoms with van der Waals surface area (Å²) in [6, 6.07) is 10.1. The standard InChI is InChI=1S/C14H12Br2FNO/c15-12-5-10(7-18)6-13(16)14(12)19-8-9-1-3-11(17)4-2-9/h1-6H,7-8,18H2. The smallest absolute Gasteiger partial charge is 0.148 e. The first kappa shape index (κ1) is 14.5. The molecule has 2 aromatic rings. The topological polar surface area (TPSA) is 35.2 Å². The highest BCUT2D eigenvalue weighted by molar-refractivity contribution is 9.11. The minimum Gasteiger partial charge on any atom is -0.487 e. The quantitative estimate of drug-likeness (QED) is 0.842. The van der Waals surface area contributed by atoms with Gasteiger partial charge in [0.15, 0.2) is 0 Å². The van der Waals surface area contributed by atoms with Crippen molar-refractivity contribution in [3.8, 4) is 5.75 Å². The van der Waals surface area contributed by atoms with Gasteiger partial charge in [0.2, 0.25) is 0 Å². The van der Waals surface area contributed by atoms with Crippen molar-refractivity contribution < 1.29 is 9.13 Å². The van der Waals surface area contributed by atoms with Crippen LogP contribution in [0, 0.1) is 5.82 Å². The van der Waals surface area contributed by atoms with Gasteiger partial charge in [-0.15, -0.1) is 0 Å². The van der Waals surface area contributed by atoms with Crippen molar-refractivity contribution in [1.82, 2.24) is 0 Å². The highest BCUT2D eigenvalue weighted by atomic mass is 79.9. The first-order chi connectivity index (χ1) is 9.10. The molecule has 0 aromatic heterocycles. The number of hydrogen-bond donors (Lipinski definition) is 1. The molecule has 2 N–H and O–H groups in total. The van der Waals surface area contributed by atoms with Gasteiger partial charge < -0.3 is 10.5 Å². The molecule has 100 valence electrons. The maximum atomic E-state index is 12.8. The lowest BCUT2D eigenvalue weighted by atomic mass is 10.2. The summed E-state index contributed by atoms with van der Waals surface area (Å²) in [5.41, 5.74) is 7.51. The second-order valence-electron chi connectivity index (χ2n) is 4.01. The molecule has 0 atom stereocenters. The molecule has 0 radical (unpaired) electrons. The molecule has 0 heterocycles. The molecule has 0 bridgehead atoms. The van der Waals surface area contributed by atoms with Crippen LogP contribution in [0.25, 0.3) is 0 Å². The molecule has 19 heavy (non-hydrogen) atoms. The molecule has 5 heteroatoms. The molecule has 0 fully saturated rings. The Balaban J connectivity index is 2.13. The Morgan fingerprint density at radius 2 is 1.58 bits per heavy atom. The maximum Gasteiger partial charge on any atom is 0.148 e. The van der Waals surface area contributed by atoms with E-state index in [1.807, 2.05) is 12.1 Å². The fraction of sp³-hybridized carbons (Fsp3) is 0.143. The van der Waals surface area contributed by atoms with Gasteiger partial charge in [0.1, 0.15) is 18.2 Å². The van der Waals surface area contributed by atoms with Gasteiger partial charge in [-0.2, -0.15) is 0 Å². The average molecular weight is 389 g/mol. The largest absolute Gasteiger partial charge is 0.487 e. The van der Waals surface area contributed by atoms with Crippen LogP contribution < -0.4 is 10.5 Å². The van der Waals surface area contributed by atoms with Gasteiger partial charge in [0, 0.05) is 6.54 Å². The van der Waals surface area contributed by atoms with Gasteiger partial charge in [-0.05, 0) is 67.3 Å². The molecule has 2 rings (SSSR count). The second kappa shape index (κ2) is 6.50. The van der Waals surface area contributed by atoms with Crippen molar-refractivity contribution >= 4 is 31.9 Å². The van der Waals surface area contributed by atoms with Gasteiger partial charge in [0.25, 0.3) is 0 Å². The van der Waals surface area contributed by atoms with Crippen molar-refractivity contribution in [3.05, 3.63) is 62.3 Å². The Morgan fingerprint density at radius 1 is 1.00 bits per heavy atom. The summed E-state index contributed by atoms with van der Waals surface area (Å²) in [7, 11) is 0. The Morgan fingerprint density at radius 3 is 2.11 bits per heavy atom. The summed E-state index contributed by atoms with van der Waals surface area (Å²) in [5.74, 6) is 0.458. The third kappa shape index (κ3) is 3.78. The van der Waals surface area contributed by atoms with E-state index in [-0.39, 0.29) is 5.82 Å². The van der Waals surface area contributed by atoms with E-state index in [2.05, 4.69) is 31.9 Å². The molecule has 0 amide bonds. The minimum absolute atomic E-state index is 0.251. The zero-order valence-electron chi connectivity index (χ0n) is 10.00. The lowest BCUT2D eigenvalue weighted by Gasteiger charge is -2.12. The molecule has 0 aliphatic rings. The highest BCUT2D eigenvalue weighted by Crippen LogP contribution is 2.35. The summed E-state index contributed by atoms with van der Waals surface area (Å²) in [6.07, 6.45) is 0. The summed E-state index contributed by atoms with van der Waals surface area (Å²) in [5, 5.41) is 0. The third-order valence-electron chi connectivity index (χ3n) is 2.59. The van der Waals surface area contributed by atoms with Crippen LogP contribution in [0.5, 0.6) is 5.75 Å². The maximum absolute atomic E-state index is 12.8. The number of nitrogens with two attached hydrogens (primary N) is 1. The Labute approximate surface area is 128 Å². The van der Waals surface area contributed by atoms with Gasteiger partial charge in [-0.25, -0.2) is 4.39 Å². The van der Waals surface area contributed by atoms with Crippen molar-refractivity contribution in [1.29, 1.82) is 0 Å². The fourth-order valence-electron chi connectivity index (χ4n) is 1.60. The molecule has 0 aliphatic heterocycles. The van der Waals surface area contributed by atoms with Crippen LogP contribution in [0.1, 0.15) is 11.1 Å². The van der Waals surface area contributed by atoms with Crippen LogP contribution in [0.4, 0.5) is 4.39 Å². The van der Waals surface area contributed by atoms with E-state index < -0.39 is 0 Å². The van der Waals surface area contributed by atoms with E-state index in [4.69, 9.17) is 10.5 Å². The van der Waals surface area contributed by atoms with Crippen molar-refractivity contribution in [3.63, 3.8) is 0 Å². The van der Waals surface area contributed by atoms with Crippen LogP contribution in [-0.4, -0.2) is 0 Å². The zero-order chi connectivity index (χ0) is 13.8. The average Bonchev–Trinajstić information content (AvgIpc) is 2.39. The lowest BCUT2D eigenvalue weighted by molar-refractivity contribution is 0.302. The van der Waals surface area contributed by atoms with Gasteiger partial charge in [-0.1, -0.05) is 12.1 Å². The van der Waals surface area contributed by atoms with E-state index >= 15 is 0 Å². The monoisotopic (exact) mass is 387 g/mol. The van der Waals surface area contributed by atoms with Crippen LogP contribution in [0.2, 0.25) is 0 Å². The van der Waals surface area contributed by atoms with E-state index in [0.717, 1.165) is 20.1 Å². The molecular formula is C14H12Br2FNO. The van der Waals surface area contributed by atoms with E-state index in [9.17, 15) is 4.39 Å². The molecule has 2 aromatic carbocycles. The molecule has 0 saturated heterocycles. The SMILES string of the molecule is NCc1cc(Br)c(OCc2ccc(F)cc2)c(Br)c1. The summed E-state index contributed by atoms with van der Waals surface area (Å²) < 4.78 is 20.2. The number of ether oxygens (including phenoxy) is 1. The Bertz CT molecular complexity index is 549. The van der Waals surface area contributed by atoms with Crippen LogP contribution in [-0.2, 0) is 13.2 Å². The third-order valence-corrected chi connectivity index (χ3v) is 3.77.